The second kappa shape index (κ2) is 11.9. The minimum absolute atomic E-state index is 0.876. The van der Waals surface area contributed by atoms with Gasteiger partial charge < -0.3 is 19.9 Å². The molecule has 1 heterocycles. The Labute approximate surface area is 170 Å². The maximum absolute atomic E-state index is 5.44. The van der Waals surface area contributed by atoms with Gasteiger partial charge in [0.05, 0.1) is 12.6 Å². The predicted octanol–water partition coefficient (Wildman–Crippen LogP) is 3.92. The van der Waals surface area contributed by atoms with E-state index in [0.717, 1.165) is 82.2 Å². The van der Waals surface area contributed by atoms with E-state index in [1.165, 1.54) is 5.52 Å². The van der Waals surface area contributed by atoms with Crippen molar-refractivity contribution in [1.29, 1.82) is 0 Å². The van der Waals surface area contributed by atoms with Crippen molar-refractivity contribution in [3.63, 3.8) is 0 Å². The van der Waals surface area contributed by atoms with Crippen molar-refractivity contribution in [3.8, 4) is 5.75 Å². The van der Waals surface area contributed by atoms with Crippen molar-refractivity contribution in [2.24, 2.45) is 0 Å². The third kappa shape index (κ3) is 6.11. The van der Waals surface area contributed by atoms with Crippen LogP contribution in [0.4, 0.5) is 5.82 Å². The Balaban J connectivity index is 2.06. The zero-order valence-corrected chi connectivity index (χ0v) is 18.5. The molecule has 0 aliphatic heterocycles. The van der Waals surface area contributed by atoms with Crippen molar-refractivity contribution in [2.45, 2.75) is 47.1 Å². The highest BCUT2D eigenvalue weighted by Crippen LogP contribution is 2.27. The minimum Gasteiger partial charge on any atom is -0.497 e. The molecule has 0 fully saturated rings. The molecule has 0 amide bonds. The third-order valence-electron chi connectivity index (χ3n) is 5.53. The Hall–Kier alpha value is -1.79. The molecule has 0 atom stereocenters. The molecule has 0 saturated heterocycles. The van der Waals surface area contributed by atoms with E-state index in [-0.39, 0.29) is 0 Å². The maximum atomic E-state index is 5.44. The number of benzene rings is 1. The van der Waals surface area contributed by atoms with Gasteiger partial charge in [0.2, 0.25) is 0 Å². The lowest BCUT2D eigenvalue weighted by atomic mass is 10.2. The normalized spacial score (nSPS) is 11.7. The second-order valence-electron chi connectivity index (χ2n) is 7.14. The summed E-state index contributed by atoms with van der Waals surface area (Å²) in [7, 11) is 1.72. The van der Waals surface area contributed by atoms with Crippen LogP contribution in [0.5, 0.6) is 5.75 Å². The smallest absolute Gasteiger partial charge is 0.156 e. The van der Waals surface area contributed by atoms with E-state index in [1.54, 1.807) is 7.11 Å². The van der Waals surface area contributed by atoms with E-state index in [2.05, 4.69) is 59.6 Å². The SMILES string of the molecule is CCN(CC)CCCNc1nn(CCCN(CC)CC)c2ccc(OC)cc12. The molecule has 0 aliphatic rings. The van der Waals surface area contributed by atoms with Crippen LogP contribution in [0.15, 0.2) is 18.2 Å². The van der Waals surface area contributed by atoms with Crippen molar-refractivity contribution in [1.82, 2.24) is 19.6 Å². The fraction of sp³-hybridized carbons (Fsp3) is 0.682. The van der Waals surface area contributed by atoms with Gasteiger partial charge in [-0.15, -0.1) is 0 Å². The fourth-order valence-corrected chi connectivity index (χ4v) is 3.62. The predicted molar refractivity (Wildman–Crippen MR) is 120 cm³/mol. The van der Waals surface area contributed by atoms with Gasteiger partial charge in [0.25, 0.3) is 0 Å². The average molecular weight is 390 g/mol. The Morgan fingerprint density at radius 3 is 2.21 bits per heavy atom. The van der Waals surface area contributed by atoms with Crippen LogP contribution in [0.3, 0.4) is 0 Å². The molecule has 0 unspecified atom stereocenters. The number of ether oxygens (including phenoxy) is 1. The maximum Gasteiger partial charge on any atom is 0.156 e. The molecule has 0 saturated carbocycles. The van der Waals surface area contributed by atoms with E-state index in [0.29, 0.717) is 0 Å². The van der Waals surface area contributed by atoms with Gasteiger partial charge in [0.15, 0.2) is 5.82 Å². The van der Waals surface area contributed by atoms with Crippen LogP contribution in [0, 0.1) is 0 Å². The second-order valence-corrected chi connectivity index (χ2v) is 7.14. The highest BCUT2D eigenvalue weighted by Gasteiger charge is 2.12. The number of anilines is 1. The molecule has 0 bridgehead atoms. The largest absolute Gasteiger partial charge is 0.497 e. The minimum atomic E-state index is 0.876. The molecule has 1 aromatic heterocycles. The Morgan fingerprint density at radius 2 is 1.61 bits per heavy atom. The van der Waals surface area contributed by atoms with Crippen LogP contribution in [-0.2, 0) is 6.54 Å². The summed E-state index contributed by atoms with van der Waals surface area (Å²) in [5, 5.41) is 9.59. The van der Waals surface area contributed by atoms with Crippen LogP contribution >= 0.6 is 0 Å². The van der Waals surface area contributed by atoms with Gasteiger partial charge in [-0.05, 0) is 70.3 Å². The molecule has 28 heavy (non-hydrogen) atoms. The number of nitrogens with zero attached hydrogens (tertiary/aromatic N) is 4. The number of aromatic nitrogens is 2. The molecular weight excluding hydrogens is 350 g/mol. The average Bonchev–Trinajstić information content (AvgIpc) is 3.08. The van der Waals surface area contributed by atoms with Gasteiger partial charge in [-0.25, -0.2) is 0 Å². The lowest BCUT2D eigenvalue weighted by Crippen LogP contribution is -2.25. The van der Waals surface area contributed by atoms with Gasteiger partial charge in [0, 0.05) is 18.5 Å². The van der Waals surface area contributed by atoms with Gasteiger partial charge >= 0.3 is 0 Å². The molecule has 0 spiro atoms. The zero-order valence-electron chi connectivity index (χ0n) is 18.5. The summed E-state index contributed by atoms with van der Waals surface area (Å²) in [6.45, 7) is 17.4. The van der Waals surface area contributed by atoms with Crippen molar-refractivity contribution in [3.05, 3.63) is 18.2 Å². The summed E-state index contributed by atoms with van der Waals surface area (Å²) >= 11 is 0. The molecule has 2 rings (SSSR count). The number of hydrogen-bond acceptors (Lipinski definition) is 5. The third-order valence-corrected chi connectivity index (χ3v) is 5.53. The molecule has 2 aromatic rings. The molecule has 1 aromatic carbocycles. The van der Waals surface area contributed by atoms with E-state index < -0.39 is 0 Å². The van der Waals surface area contributed by atoms with Crippen LogP contribution < -0.4 is 10.1 Å². The summed E-state index contributed by atoms with van der Waals surface area (Å²) < 4.78 is 7.58. The molecule has 158 valence electrons. The highest BCUT2D eigenvalue weighted by atomic mass is 16.5. The Morgan fingerprint density at radius 1 is 0.964 bits per heavy atom. The molecular formula is C22H39N5O. The molecule has 6 heteroatoms. The summed E-state index contributed by atoms with van der Waals surface area (Å²) in [6.07, 6.45) is 2.22. The quantitative estimate of drug-likeness (QED) is 0.496. The topological polar surface area (TPSA) is 45.6 Å². The van der Waals surface area contributed by atoms with E-state index in [9.17, 15) is 0 Å². The number of nitrogens with one attached hydrogen (secondary N) is 1. The first-order valence-electron chi connectivity index (χ1n) is 10.9. The van der Waals surface area contributed by atoms with Gasteiger partial charge in [-0.3, -0.25) is 4.68 Å². The van der Waals surface area contributed by atoms with Crippen molar-refractivity contribution >= 4 is 16.7 Å². The zero-order chi connectivity index (χ0) is 20.4. The molecule has 0 aliphatic carbocycles. The summed E-state index contributed by atoms with van der Waals surface area (Å²) in [5.41, 5.74) is 1.17. The van der Waals surface area contributed by atoms with Crippen LogP contribution in [-0.4, -0.2) is 72.5 Å². The van der Waals surface area contributed by atoms with Crippen molar-refractivity contribution < 1.29 is 4.74 Å². The summed E-state index contributed by atoms with van der Waals surface area (Å²) in [6, 6.07) is 6.24. The first-order chi connectivity index (χ1) is 13.7. The number of rotatable bonds is 14. The number of fused-ring (bicyclic) bond motifs is 1. The number of aryl methyl sites for hydroxylation is 1. The first-order valence-corrected chi connectivity index (χ1v) is 10.9. The van der Waals surface area contributed by atoms with E-state index >= 15 is 0 Å². The van der Waals surface area contributed by atoms with Crippen LogP contribution in [0.2, 0.25) is 0 Å². The lowest BCUT2D eigenvalue weighted by molar-refractivity contribution is 0.292. The van der Waals surface area contributed by atoms with Crippen LogP contribution in [0.25, 0.3) is 10.9 Å². The molecule has 1 N–H and O–H groups in total. The fourth-order valence-electron chi connectivity index (χ4n) is 3.62. The Bertz CT molecular complexity index is 692. The monoisotopic (exact) mass is 389 g/mol. The highest BCUT2D eigenvalue weighted by molar-refractivity contribution is 5.91. The first kappa shape index (κ1) is 22.5. The Kier molecular flexibility index (Phi) is 9.58. The number of methoxy groups -OCH3 is 1. The summed E-state index contributed by atoms with van der Waals surface area (Å²) in [5.74, 6) is 1.85. The van der Waals surface area contributed by atoms with Crippen LogP contribution in [0.1, 0.15) is 40.5 Å². The van der Waals surface area contributed by atoms with Gasteiger partial charge in [0.1, 0.15) is 5.75 Å². The van der Waals surface area contributed by atoms with Gasteiger partial charge in [-0.2, -0.15) is 5.10 Å². The van der Waals surface area contributed by atoms with E-state index in [1.807, 2.05) is 6.07 Å². The van der Waals surface area contributed by atoms with Gasteiger partial charge in [-0.1, -0.05) is 27.7 Å². The lowest BCUT2D eigenvalue weighted by Gasteiger charge is -2.17. The van der Waals surface area contributed by atoms with Crippen molar-refractivity contribution in [2.75, 3.05) is 58.2 Å². The van der Waals surface area contributed by atoms with E-state index in [4.69, 9.17) is 9.84 Å². The molecule has 6 nitrogen and oxygen atoms in total. The standard InChI is InChI=1S/C22H39N5O/c1-6-25(7-2)15-10-14-23-22-20-18-19(28-5)12-13-21(20)27(24-22)17-11-16-26(8-3)9-4/h12-13,18H,6-11,14-17H2,1-5H3,(H,23,24). The molecule has 0 radical (unpaired) electrons. The number of hydrogen-bond donors (Lipinski definition) is 1. The summed E-state index contributed by atoms with van der Waals surface area (Å²) in [4.78, 5) is 4.91.